The molecule has 0 aromatic carbocycles. The summed E-state index contributed by atoms with van der Waals surface area (Å²) in [6.45, 7) is 0. The molecule has 2 heterocycles. The first-order valence-electron chi connectivity index (χ1n) is 3.33. The number of hydrogen-bond acceptors (Lipinski definition) is 3. The van der Waals surface area contributed by atoms with E-state index in [9.17, 15) is 0 Å². The molecule has 0 spiro atoms. The molecule has 5 nitrogen and oxygen atoms in total. The molecule has 12 heavy (non-hydrogen) atoms. The minimum atomic E-state index is 0.795. The maximum Gasteiger partial charge on any atom is 0.171 e. The number of aromatic nitrogens is 5. The van der Waals surface area contributed by atoms with E-state index in [4.69, 9.17) is 0 Å². The van der Waals surface area contributed by atoms with Gasteiger partial charge in [0.2, 0.25) is 0 Å². The van der Waals surface area contributed by atoms with Crippen LogP contribution in [0.5, 0.6) is 0 Å². The van der Waals surface area contributed by atoms with Gasteiger partial charge in [0, 0.05) is 13.2 Å². The summed E-state index contributed by atoms with van der Waals surface area (Å²) in [7, 11) is 1.82. The van der Waals surface area contributed by atoms with Gasteiger partial charge in [-0.1, -0.05) is 5.21 Å². The Kier molecular flexibility index (Phi) is 1.69. The lowest BCUT2D eigenvalue weighted by Gasteiger charge is -1.97. The minimum Gasteiger partial charge on any atom is -0.231 e. The van der Waals surface area contributed by atoms with Crippen molar-refractivity contribution in [3.8, 4) is 5.82 Å². The van der Waals surface area contributed by atoms with Crippen molar-refractivity contribution in [3.63, 3.8) is 0 Å². The van der Waals surface area contributed by atoms with Crippen LogP contribution in [0.1, 0.15) is 0 Å². The Morgan fingerprint density at radius 3 is 2.83 bits per heavy atom. The van der Waals surface area contributed by atoms with Crippen LogP contribution >= 0.6 is 15.9 Å². The average molecular weight is 228 g/mol. The molecule has 0 unspecified atom stereocenters. The first kappa shape index (κ1) is 7.48. The highest BCUT2D eigenvalue weighted by atomic mass is 79.9. The van der Waals surface area contributed by atoms with E-state index in [1.807, 2.05) is 19.3 Å². The summed E-state index contributed by atoms with van der Waals surface area (Å²) < 4.78 is 4.15. The van der Waals surface area contributed by atoms with Crippen LogP contribution in [0.2, 0.25) is 0 Å². The molecule has 2 aromatic heterocycles. The lowest BCUT2D eigenvalue weighted by atomic mass is 10.7. The Morgan fingerprint density at radius 1 is 1.50 bits per heavy atom. The number of aryl methyl sites for hydroxylation is 1. The summed E-state index contributed by atoms with van der Waals surface area (Å²) in [6, 6.07) is 1.85. The first-order chi connectivity index (χ1) is 5.77. The Bertz CT molecular complexity index is 390. The first-order valence-corrected chi connectivity index (χ1v) is 4.13. The molecule has 0 amide bonds. The zero-order valence-electron chi connectivity index (χ0n) is 6.35. The molecule has 0 aliphatic rings. The molecule has 0 atom stereocenters. The van der Waals surface area contributed by atoms with E-state index in [0.29, 0.717) is 0 Å². The zero-order valence-corrected chi connectivity index (χ0v) is 7.93. The summed E-state index contributed by atoms with van der Waals surface area (Å²) in [5.74, 6) is 0.834. The number of halogens is 1. The highest BCUT2D eigenvalue weighted by Crippen LogP contribution is 2.08. The SMILES string of the molecule is Cn1nncc1-n1ccc(Br)n1. The molecular weight excluding hydrogens is 222 g/mol. The highest BCUT2D eigenvalue weighted by Gasteiger charge is 2.02. The second kappa shape index (κ2) is 2.71. The molecule has 0 saturated carbocycles. The second-order valence-electron chi connectivity index (χ2n) is 2.30. The third kappa shape index (κ3) is 1.14. The van der Waals surface area contributed by atoms with E-state index in [0.717, 1.165) is 10.4 Å². The molecule has 6 heteroatoms. The fraction of sp³-hybridized carbons (Fsp3) is 0.167. The van der Waals surface area contributed by atoms with Gasteiger partial charge in [-0.2, -0.15) is 5.10 Å². The predicted molar refractivity (Wildman–Crippen MR) is 45.8 cm³/mol. The van der Waals surface area contributed by atoms with Crippen molar-refractivity contribution in [2.75, 3.05) is 0 Å². The average Bonchev–Trinajstić information content (AvgIpc) is 2.58. The standard InChI is InChI=1S/C6H6BrN5/c1-11-6(4-8-10-11)12-3-2-5(7)9-12/h2-4H,1H3. The van der Waals surface area contributed by atoms with Gasteiger partial charge in [0.15, 0.2) is 5.82 Å². The van der Waals surface area contributed by atoms with Crippen molar-refractivity contribution in [2.45, 2.75) is 0 Å². The summed E-state index contributed by atoms with van der Waals surface area (Å²) >= 11 is 3.26. The molecule has 0 aliphatic carbocycles. The van der Waals surface area contributed by atoms with E-state index in [-0.39, 0.29) is 0 Å². The van der Waals surface area contributed by atoms with Crippen molar-refractivity contribution in [3.05, 3.63) is 23.1 Å². The van der Waals surface area contributed by atoms with Crippen molar-refractivity contribution < 1.29 is 0 Å². The number of nitrogens with zero attached hydrogens (tertiary/aromatic N) is 5. The minimum absolute atomic E-state index is 0.795. The monoisotopic (exact) mass is 227 g/mol. The van der Waals surface area contributed by atoms with Crippen LogP contribution in [0, 0.1) is 0 Å². The number of hydrogen-bond donors (Lipinski definition) is 0. The number of rotatable bonds is 1. The second-order valence-corrected chi connectivity index (χ2v) is 3.11. The smallest absolute Gasteiger partial charge is 0.171 e. The fourth-order valence-corrected chi connectivity index (χ4v) is 1.21. The van der Waals surface area contributed by atoms with E-state index in [2.05, 4.69) is 31.3 Å². The summed E-state index contributed by atoms with van der Waals surface area (Å²) in [5.41, 5.74) is 0. The lowest BCUT2D eigenvalue weighted by Crippen LogP contribution is -2.02. The topological polar surface area (TPSA) is 48.5 Å². The van der Waals surface area contributed by atoms with Crippen molar-refractivity contribution in [1.29, 1.82) is 0 Å². The van der Waals surface area contributed by atoms with Gasteiger partial charge in [-0.15, -0.1) is 5.10 Å². The largest absolute Gasteiger partial charge is 0.231 e. The Balaban J connectivity index is 2.50. The molecule has 0 radical (unpaired) electrons. The van der Waals surface area contributed by atoms with Crippen LogP contribution in [0.15, 0.2) is 23.1 Å². The third-order valence-corrected chi connectivity index (χ3v) is 1.90. The predicted octanol–water partition coefficient (Wildman–Crippen LogP) is 0.763. The van der Waals surface area contributed by atoms with Crippen LogP contribution in [0.4, 0.5) is 0 Å². The van der Waals surface area contributed by atoms with E-state index in [1.165, 1.54) is 0 Å². The van der Waals surface area contributed by atoms with Gasteiger partial charge in [0.25, 0.3) is 0 Å². The Labute approximate surface area is 77.1 Å². The summed E-state index contributed by atoms with van der Waals surface area (Å²) in [5, 5.41) is 11.7. The Morgan fingerprint density at radius 2 is 2.33 bits per heavy atom. The van der Waals surface area contributed by atoms with Gasteiger partial charge in [0.1, 0.15) is 4.60 Å². The molecule has 2 aromatic rings. The van der Waals surface area contributed by atoms with Crippen LogP contribution in [-0.2, 0) is 7.05 Å². The highest BCUT2D eigenvalue weighted by molar-refractivity contribution is 9.10. The van der Waals surface area contributed by atoms with Crippen LogP contribution in [-0.4, -0.2) is 24.8 Å². The quantitative estimate of drug-likeness (QED) is 0.724. The summed E-state index contributed by atoms with van der Waals surface area (Å²) in [4.78, 5) is 0. The van der Waals surface area contributed by atoms with Gasteiger partial charge in [-0.05, 0) is 22.0 Å². The van der Waals surface area contributed by atoms with Crippen LogP contribution in [0.25, 0.3) is 5.82 Å². The zero-order chi connectivity index (χ0) is 8.55. The third-order valence-electron chi connectivity index (χ3n) is 1.48. The molecular formula is C6H6BrN5. The molecule has 62 valence electrons. The molecule has 0 aliphatic heterocycles. The maximum absolute atomic E-state index is 4.15. The van der Waals surface area contributed by atoms with E-state index < -0.39 is 0 Å². The van der Waals surface area contributed by atoms with Crippen molar-refractivity contribution in [1.82, 2.24) is 24.8 Å². The van der Waals surface area contributed by atoms with Gasteiger partial charge < -0.3 is 0 Å². The van der Waals surface area contributed by atoms with Gasteiger partial charge in [-0.3, -0.25) is 0 Å². The van der Waals surface area contributed by atoms with E-state index in [1.54, 1.807) is 15.6 Å². The van der Waals surface area contributed by atoms with Gasteiger partial charge in [-0.25, -0.2) is 9.36 Å². The van der Waals surface area contributed by atoms with Crippen molar-refractivity contribution >= 4 is 15.9 Å². The van der Waals surface area contributed by atoms with Crippen LogP contribution in [0.3, 0.4) is 0 Å². The lowest BCUT2D eigenvalue weighted by molar-refractivity contribution is 0.670. The maximum atomic E-state index is 4.15. The normalized spacial score (nSPS) is 10.5. The molecule has 0 bridgehead atoms. The Hall–Kier alpha value is -1.17. The van der Waals surface area contributed by atoms with Crippen LogP contribution < -0.4 is 0 Å². The van der Waals surface area contributed by atoms with Crippen molar-refractivity contribution in [2.24, 2.45) is 7.05 Å². The molecule has 2 rings (SSSR count). The molecule has 0 fully saturated rings. The van der Waals surface area contributed by atoms with E-state index >= 15 is 0 Å². The molecule has 0 N–H and O–H groups in total. The molecule has 0 saturated heterocycles. The van der Waals surface area contributed by atoms with Gasteiger partial charge >= 0.3 is 0 Å². The fourth-order valence-electron chi connectivity index (χ4n) is 0.921. The summed E-state index contributed by atoms with van der Waals surface area (Å²) in [6.07, 6.45) is 3.49. The van der Waals surface area contributed by atoms with Gasteiger partial charge in [0.05, 0.1) is 6.20 Å².